The van der Waals surface area contributed by atoms with Crippen LogP contribution in [0.15, 0.2) is 29.2 Å². The monoisotopic (exact) mass is 454 g/mol. The van der Waals surface area contributed by atoms with Gasteiger partial charge in [-0.2, -0.15) is 4.31 Å². The maximum Gasteiger partial charge on any atom is 0.243 e. The van der Waals surface area contributed by atoms with Crippen molar-refractivity contribution in [1.82, 2.24) is 9.21 Å². The molecule has 1 saturated carbocycles. The lowest BCUT2D eigenvalue weighted by molar-refractivity contribution is -0.911. The van der Waals surface area contributed by atoms with E-state index in [1.165, 1.54) is 21.3 Å². The first kappa shape index (κ1) is 21.7. The molecule has 9 heteroatoms. The van der Waals surface area contributed by atoms with Gasteiger partial charge in [-0.05, 0) is 42.5 Å². The number of piperidine rings is 1. The van der Waals surface area contributed by atoms with Crippen LogP contribution in [0.4, 0.5) is 0 Å². The van der Waals surface area contributed by atoms with Crippen LogP contribution in [0.3, 0.4) is 0 Å². The predicted octanol–water partition coefficient (Wildman–Crippen LogP) is 0.998. The van der Waals surface area contributed by atoms with Gasteiger partial charge in [0.2, 0.25) is 21.8 Å². The number of quaternary nitrogens is 1. The van der Waals surface area contributed by atoms with Crippen LogP contribution in [0.5, 0.6) is 0 Å². The smallest absolute Gasteiger partial charge is 0.243 e. The Morgan fingerprint density at radius 2 is 1.70 bits per heavy atom. The Labute approximate surface area is 183 Å². The zero-order valence-corrected chi connectivity index (χ0v) is 19.2. The summed E-state index contributed by atoms with van der Waals surface area (Å²) in [7, 11) is -3.58. The van der Waals surface area contributed by atoms with E-state index in [0.29, 0.717) is 37.9 Å². The normalized spacial score (nSPS) is 30.1. The van der Waals surface area contributed by atoms with Crippen molar-refractivity contribution in [2.75, 3.05) is 32.8 Å². The first-order chi connectivity index (χ1) is 14.0. The van der Waals surface area contributed by atoms with Gasteiger partial charge in [-0.25, -0.2) is 13.3 Å². The van der Waals surface area contributed by atoms with E-state index in [1.54, 1.807) is 12.1 Å². The minimum absolute atomic E-state index is 0.0660. The summed E-state index contributed by atoms with van der Waals surface area (Å²) in [4.78, 5) is 29.0. The lowest BCUT2D eigenvalue weighted by atomic mass is 9.62. The van der Waals surface area contributed by atoms with Gasteiger partial charge in [0.15, 0.2) is 6.67 Å². The lowest BCUT2D eigenvalue weighted by Gasteiger charge is -2.48. The van der Waals surface area contributed by atoms with Crippen LogP contribution in [0, 0.1) is 16.7 Å². The van der Waals surface area contributed by atoms with Crippen LogP contribution in [-0.4, -0.2) is 62.3 Å². The molecule has 2 amide bonds. The second-order valence-electron chi connectivity index (χ2n) is 9.48. The Balaban J connectivity index is 1.43. The molecule has 2 heterocycles. The molecule has 7 nitrogen and oxygen atoms in total. The van der Waals surface area contributed by atoms with Gasteiger partial charge in [0.05, 0.1) is 36.5 Å². The van der Waals surface area contributed by atoms with Crippen molar-refractivity contribution >= 4 is 33.4 Å². The highest BCUT2D eigenvalue weighted by Crippen LogP contribution is 2.59. The van der Waals surface area contributed by atoms with Gasteiger partial charge >= 0.3 is 0 Å². The van der Waals surface area contributed by atoms with Gasteiger partial charge in [-0.15, -0.1) is 0 Å². The number of amides is 2. The molecule has 0 spiro atoms. The third-order valence-electron chi connectivity index (χ3n) is 7.77. The zero-order chi connectivity index (χ0) is 21.9. The molecule has 1 aliphatic carbocycles. The van der Waals surface area contributed by atoms with Crippen LogP contribution in [0.25, 0.3) is 0 Å². The minimum Gasteiger partial charge on any atom is -0.315 e. The first-order valence-corrected chi connectivity index (χ1v) is 12.3. The number of nitrogens with zero attached hydrogens (tertiary/aromatic N) is 2. The number of nitrogens with one attached hydrogen (secondary N) is 1. The van der Waals surface area contributed by atoms with E-state index in [9.17, 15) is 18.0 Å². The Bertz CT molecular complexity index is 970. The van der Waals surface area contributed by atoms with Crippen molar-refractivity contribution in [3.8, 4) is 0 Å². The third kappa shape index (κ3) is 3.20. The van der Waals surface area contributed by atoms with Gasteiger partial charge < -0.3 is 4.90 Å². The van der Waals surface area contributed by atoms with E-state index >= 15 is 0 Å². The molecule has 2 atom stereocenters. The van der Waals surface area contributed by atoms with Crippen molar-refractivity contribution < 1.29 is 22.9 Å². The van der Waals surface area contributed by atoms with E-state index in [0.717, 1.165) is 17.7 Å². The molecule has 3 fully saturated rings. The van der Waals surface area contributed by atoms with Crippen LogP contribution in [0.2, 0.25) is 5.02 Å². The van der Waals surface area contributed by atoms with Crippen LogP contribution >= 0.6 is 11.6 Å². The fraction of sp³-hybridized carbons (Fsp3) is 0.619. The molecule has 1 aromatic carbocycles. The van der Waals surface area contributed by atoms with Gasteiger partial charge in [0.1, 0.15) is 0 Å². The Morgan fingerprint density at radius 1 is 1.10 bits per heavy atom. The molecule has 2 saturated heterocycles. The van der Waals surface area contributed by atoms with E-state index in [-0.39, 0.29) is 28.0 Å². The number of carbonyl (C=O) groups is 2. The number of hydrogen-bond acceptors (Lipinski definition) is 4. The summed E-state index contributed by atoms with van der Waals surface area (Å²) in [6.45, 7) is 8.17. The van der Waals surface area contributed by atoms with E-state index < -0.39 is 15.4 Å². The molecule has 4 rings (SSSR count). The van der Waals surface area contributed by atoms with Gasteiger partial charge in [-0.1, -0.05) is 32.4 Å². The Morgan fingerprint density at radius 3 is 2.30 bits per heavy atom. The van der Waals surface area contributed by atoms with Gasteiger partial charge in [0, 0.05) is 10.9 Å². The number of imide groups is 1. The molecule has 2 aliphatic heterocycles. The highest BCUT2D eigenvalue weighted by molar-refractivity contribution is 7.89. The molecule has 2 bridgehead atoms. The van der Waals surface area contributed by atoms with Crippen LogP contribution < -0.4 is 4.90 Å². The summed E-state index contributed by atoms with van der Waals surface area (Å²) in [6, 6.07) is 6.17. The summed E-state index contributed by atoms with van der Waals surface area (Å²) < 4.78 is 27.2. The number of hydrogen-bond donors (Lipinski definition) is 1. The molecule has 164 valence electrons. The van der Waals surface area contributed by atoms with Crippen LogP contribution in [-0.2, 0) is 19.6 Å². The lowest BCUT2D eigenvalue weighted by Crippen LogP contribution is -3.16. The van der Waals surface area contributed by atoms with Gasteiger partial charge in [0.25, 0.3) is 0 Å². The molecule has 0 aromatic heterocycles. The quantitative estimate of drug-likeness (QED) is 0.688. The number of rotatable bonds is 4. The minimum atomic E-state index is -3.58. The van der Waals surface area contributed by atoms with Crippen molar-refractivity contribution in [3.05, 3.63) is 29.3 Å². The van der Waals surface area contributed by atoms with E-state index in [1.807, 2.05) is 20.8 Å². The van der Waals surface area contributed by atoms with E-state index in [4.69, 9.17) is 11.6 Å². The average molecular weight is 455 g/mol. The summed E-state index contributed by atoms with van der Waals surface area (Å²) in [5.74, 6) is -0.259. The number of halogens is 1. The topological polar surface area (TPSA) is 79.2 Å². The summed E-state index contributed by atoms with van der Waals surface area (Å²) in [6.07, 6.45) is 1.50. The second-order valence-corrected chi connectivity index (χ2v) is 11.9. The highest BCUT2D eigenvalue weighted by Gasteiger charge is 2.64. The van der Waals surface area contributed by atoms with Crippen molar-refractivity contribution in [2.45, 2.75) is 38.5 Å². The van der Waals surface area contributed by atoms with Crippen molar-refractivity contribution in [2.24, 2.45) is 16.7 Å². The molecule has 30 heavy (non-hydrogen) atoms. The molecular weight excluding hydrogens is 426 g/mol. The number of sulfonamides is 1. The zero-order valence-electron chi connectivity index (χ0n) is 17.7. The first-order valence-electron chi connectivity index (χ1n) is 10.4. The molecule has 0 radical (unpaired) electrons. The summed E-state index contributed by atoms with van der Waals surface area (Å²) in [5.41, 5.74) is -0.830. The third-order valence-corrected chi connectivity index (χ3v) is 9.94. The number of piperazine rings is 1. The number of benzene rings is 1. The fourth-order valence-electron chi connectivity index (χ4n) is 5.23. The summed E-state index contributed by atoms with van der Waals surface area (Å²) >= 11 is 5.86. The molecular formula is C21H29ClN3O4S+. The number of likely N-dealkylation sites (tertiary alicyclic amines) is 1. The molecule has 1 N–H and O–H groups in total. The number of fused-ring (bicyclic) bond motifs is 2. The largest absolute Gasteiger partial charge is 0.315 e. The summed E-state index contributed by atoms with van der Waals surface area (Å²) in [5, 5.41) is 0.491. The van der Waals surface area contributed by atoms with Gasteiger partial charge in [-0.3, -0.25) is 9.59 Å². The molecule has 3 aliphatic rings. The standard InChI is InChI=1S/C21H28ClN3O4S/c1-20(2)17-8-9-21(20,3)19(27)25(18(17)26)14-23-10-12-24(13-11-23)30(28,29)16-6-4-15(22)5-7-16/h4-7,17H,8-14H2,1-3H3/p+1/t17-,21+/m0/s1. The predicted molar refractivity (Wildman–Crippen MR) is 112 cm³/mol. The number of carbonyl (C=O) groups excluding carboxylic acids is 2. The maximum absolute atomic E-state index is 13.2. The van der Waals surface area contributed by atoms with Crippen molar-refractivity contribution in [1.29, 1.82) is 0 Å². The fourth-order valence-corrected chi connectivity index (χ4v) is 6.80. The highest BCUT2D eigenvalue weighted by atomic mass is 35.5. The van der Waals surface area contributed by atoms with E-state index in [2.05, 4.69) is 0 Å². The SMILES string of the molecule is CC1(C)[C@H]2CC[C@]1(C)C(=O)N(C[NH+]1CCN(S(=O)(=O)c3ccc(Cl)cc3)CC1)C2=O. The average Bonchev–Trinajstić information content (AvgIpc) is 2.90. The van der Waals surface area contributed by atoms with Crippen LogP contribution in [0.1, 0.15) is 33.6 Å². The second kappa shape index (κ2) is 7.29. The molecule has 0 unspecified atom stereocenters. The maximum atomic E-state index is 13.2. The molecule has 1 aromatic rings. The Kier molecular flexibility index (Phi) is 5.28. The Hall–Kier alpha value is -1.48. The van der Waals surface area contributed by atoms with Crippen molar-refractivity contribution in [3.63, 3.8) is 0 Å².